The number of carbonyl (C=O) groups excluding carboxylic acids is 1. The fourth-order valence-corrected chi connectivity index (χ4v) is 2.48. The zero-order valence-electron chi connectivity index (χ0n) is 13.8. The van der Waals surface area contributed by atoms with E-state index in [9.17, 15) is 4.79 Å². The van der Waals surface area contributed by atoms with Crippen molar-refractivity contribution in [2.75, 3.05) is 20.1 Å². The molecule has 2 rings (SSSR count). The summed E-state index contributed by atoms with van der Waals surface area (Å²) >= 11 is 11.9. The number of aromatic nitrogens is 2. The molecule has 0 unspecified atom stereocenters. The van der Waals surface area contributed by atoms with Crippen molar-refractivity contribution in [1.82, 2.24) is 14.7 Å². The van der Waals surface area contributed by atoms with Crippen LogP contribution in [0.5, 0.6) is 0 Å². The van der Waals surface area contributed by atoms with Gasteiger partial charge in [0, 0.05) is 19.8 Å². The Morgan fingerprint density at radius 2 is 1.96 bits per heavy atom. The zero-order chi connectivity index (χ0) is 17.2. The summed E-state index contributed by atoms with van der Waals surface area (Å²) in [6.45, 7) is 5.10. The molecule has 5 nitrogen and oxygen atoms in total. The van der Waals surface area contributed by atoms with Gasteiger partial charge >= 0.3 is 0 Å². The Balaban J connectivity index is 0.00000288. The van der Waals surface area contributed by atoms with Gasteiger partial charge < -0.3 is 10.6 Å². The lowest BCUT2D eigenvalue weighted by Crippen LogP contribution is -2.39. The first kappa shape index (κ1) is 20.8. The Bertz CT molecular complexity index is 715. The predicted octanol–water partition coefficient (Wildman–Crippen LogP) is 3.66. The molecule has 8 heteroatoms. The molecule has 0 radical (unpaired) electrons. The van der Waals surface area contributed by atoms with Gasteiger partial charge in [-0.05, 0) is 36.2 Å². The third-order valence-corrected chi connectivity index (χ3v) is 4.28. The van der Waals surface area contributed by atoms with E-state index in [0.29, 0.717) is 28.8 Å². The highest BCUT2D eigenvalue weighted by Crippen LogP contribution is 2.24. The standard InChI is InChI=1S/C16H20Cl2N4O.ClH/c1-16(2,9-19)10-21(3)15(23)14-6-7-22(20-14)11-4-5-12(17)13(18)8-11;/h4-8H,9-10,19H2,1-3H3;1H. The number of halogens is 3. The molecule has 0 spiro atoms. The van der Waals surface area contributed by atoms with Gasteiger partial charge in [0.1, 0.15) is 0 Å². The summed E-state index contributed by atoms with van der Waals surface area (Å²) in [5.74, 6) is -0.148. The largest absolute Gasteiger partial charge is 0.340 e. The minimum Gasteiger partial charge on any atom is -0.340 e. The van der Waals surface area contributed by atoms with Crippen LogP contribution in [-0.2, 0) is 0 Å². The van der Waals surface area contributed by atoms with Gasteiger partial charge in [-0.15, -0.1) is 12.4 Å². The van der Waals surface area contributed by atoms with E-state index in [1.54, 1.807) is 47.1 Å². The molecule has 0 aliphatic rings. The van der Waals surface area contributed by atoms with E-state index in [4.69, 9.17) is 28.9 Å². The van der Waals surface area contributed by atoms with Crippen LogP contribution in [0, 0.1) is 5.41 Å². The van der Waals surface area contributed by atoms with Crippen LogP contribution < -0.4 is 5.73 Å². The third kappa shape index (κ3) is 4.86. The van der Waals surface area contributed by atoms with Gasteiger partial charge in [-0.25, -0.2) is 4.68 Å². The summed E-state index contributed by atoms with van der Waals surface area (Å²) in [6, 6.07) is 6.86. The van der Waals surface area contributed by atoms with Crippen LogP contribution >= 0.6 is 35.6 Å². The van der Waals surface area contributed by atoms with Crippen LogP contribution in [0.2, 0.25) is 10.0 Å². The molecule has 1 aromatic carbocycles. The highest BCUT2D eigenvalue weighted by Gasteiger charge is 2.23. The van der Waals surface area contributed by atoms with Crippen LogP contribution in [-0.4, -0.2) is 40.7 Å². The van der Waals surface area contributed by atoms with Gasteiger partial charge in [0.2, 0.25) is 0 Å². The Morgan fingerprint density at radius 1 is 1.29 bits per heavy atom. The molecule has 1 heterocycles. The first-order valence-electron chi connectivity index (χ1n) is 7.20. The molecule has 0 fully saturated rings. The van der Waals surface area contributed by atoms with Crippen LogP contribution in [0.4, 0.5) is 0 Å². The van der Waals surface area contributed by atoms with E-state index in [1.165, 1.54) is 0 Å². The molecule has 0 bridgehead atoms. The van der Waals surface area contributed by atoms with Gasteiger partial charge in [0.15, 0.2) is 5.69 Å². The smallest absolute Gasteiger partial charge is 0.274 e. The van der Waals surface area contributed by atoms with Crippen molar-refractivity contribution in [3.05, 3.63) is 46.2 Å². The second kappa shape index (κ2) is 8.21. The number of rotatable bonds is 5. The molecule has 2 aromatic rings. The summed E-state index contributed by atoms with van der Waals surface area (Å²) in [5, 5.41) is 5.23. The highest BCUT2D eigenvalue weighted by atomic mass is 35.5. The second-order valence-corrected chi connectivity index (χ2v) is 7.09. The molecular formula is C16H21Cl3N4O. The van der Waals surface area contributed by atoms with Crippen LogP contribution in [0.25, 0.3) is 5.69 Å². The Kier molecular flexibility index (Phi) is 7.10. The number of nitrogens with zero attached hydrogens (tertiary/aromatic N) is 3. The highest BCUT2D eigenvalue weighted by molar-refractivity contribution is 6.42. The summed E-state index contributed by atoms with van der Waals surface area (Å²) in [5.41, 5.74) is 6.68. The average molecular weight is 392 g/mol. The van der Waals surface area contributed by atoms with Gasteiger partial charge in [-0.1, -0.05) is 37.0 Å². The predicted molar refractivity (Wildman–Crippen MR) is 101 cm³/mol. The number of hydrogen-bond acceptors (Lipinski definition) is 3. The lowest BCUT2D eigenvalue weighted by Gasteiger charge is -2.28. The van der Waals surface area contributed by atoms with Crippen LogP contribution in [0.15, 0.2) is 30.5 Å². The summed E-state index contributed by atoms with van der Waals surface area (Å²) < 4.78 is 1.59. The molecule has 0 atom stereocenters. The minimum absolute atomic E-state index is 0. The molecule has 0 aliphatic heterocycles. The van der Waals surface area contributed by atoms with E-state index < -0.39 is 0 Å². The fourth-order valence-electron chi connectivity index (χ4n) is 2.18. The van der Waals surface area contributed by atoms with Crippen LogP contribution in [0.1, 0.15) is 24.3 Å². The van der Waals surface area contributed by atoms with Crippen molar-refractivity contribution in [2.24, 2.45) is 11.1 Å². The topological polar surface area (TPSA) is 64.2 Å². The third-order valence-electron chi connectivity index (χ3n) is 3.54. The first-order valence-corrected chi connectivity index (χ1v) is 7.96. The van der Waals surface area contributed by atoms with E-state index in [-0.39, 0.29) is 23.7 Å². The molecular weight excluding hydrogens is 371 g/mol. The number of amides is 1. The molecule has 24 heavy (non-hydrogen) atoms. The number of carbonyl (C=O) groups is 1. The van der Waals surface area contributed by atoms with Gasteiger partial charge in [0.05, 0.1) is 15.7 Å². The Morgan fingerprint density at radius 3 is 2.54 bits per heavy atom. The normalized spacial score (nSPS) is 11.1. The van der Waals surface area contributed by atoms with Gasteiger partial charge in [0.25, 0.3) is 5.91 Å². The number of hydrogen-bond donors (Lipinski definition) is 1. The zero-order valence-corrected chi connectivity index (χ0v) is 16.1. The maximum absolute atomic E-state index is 12.5. The van der Waals surface area contributed by atoms with Gasteiger partial charge in [-0.2, -0.15) is 5.10 Å². The van der Waals surface area contributed by atoms with E-state index >= 15 is 0 Å². The summed E-state index contributed by atoms with van der Waals surface area (Å²) in [6.07, 6.45) is 1.72. The Labute approximate surface area is 158 Å². The van der Waals surface area contributed by atoms with Gasteiger partial charge in [-0.3, -0.25) is 4.79 Å². The lowest BCUT2D eigenvalue weighted by atomic mass is 9.93. The van der Waals surface area contributed by atoms with E-state index in [1.807, 2.05) is 13.8 Å². The number of nitrogens with two attached hydrogens (primary N) is 1. The molecule has 2 N–H and O–H groups in total. The fraction of sp³-hybridized carbons (Fsp3) is 0.375. The van der Waals surface area contributed by atoms with Crippen molar-refractivity contribution >= 4 is 41.5 Å². The van der Waals surface area contributed by atoms with Crippen molar-refractivity contribution in [1.29, 1.82) is 0 Å². The van der Waals surface area contributed by atoms with Crippen molar-refractivity contribution in [3.8, 4) is 5.69 Å². The monoisotopic (exact) mass is 390 g/mol. The van der Waals surface area contributed by atoms with Crippen molar-refractivity contribution in [2.45, 2.75) is 13.8 Å². The SMILES string of the molecule is CN(CC(C)(C)CN)C(=O)c1ccn(-c2ccc(Cl)c(Cl)c2)n1.Cl. The first-order chi connectivity index (χ1) is 10.7. The average Bonchev–Trinajstić information content (AvgIpc) is 2.98. The van der Waals surface area contributed by atoms with E-state index in [2.05, 4.69) is 5.10 Å². The Hall–Kier alpha value is -1.27. The molecule has 0 saturated carbocycles. The number of benzene rings is 1. The summed E-state index contributed by atoms with van der Waals surface area (Å²) in [7, 11) is 1.75. The molecule has 1 amide bonds. The molecule has 132 valence electrons. The van der Waals surface area contributed by atoms with Crippen molar-refractivity contribution < 1.29 is 4.79 Å². The van der Waals surface area contributed by atoms with Crippen molar-refractivity contribution in [3.63, 3.8) is 0 Å². The summed E-state index contributed by atoms with van der Waals surface area (Å²) in [4.78, 5) is 14.1. The molecule has 0 aliphatic carbocycles. The lowest BCUT2D eigenvalue weighted by molar-refractivity contribution is 0.0734. The van der Waals surface area contributed by atoms with E-state index in [0.717, 1.165) is 5.69 Å². The quantitative estimate of drug-likeness (QED) is 0.846. The molecule has 0 saturated heterocycles. The maximum atomic E-state index is 12.5. The molecule has 1 aromatic heterocycles. The maximum Gasteiger partial charge on any atom is 0.274 e. The van der Waals surface area contributed by atoms with Crippen LogP contribution in [0.3, 0.4) is 0 Å². The second-order valence-electron chi connectivity index (χ2n) is 6.27. The minimum atomic E-state index is -0.148.